The summed E-state index contributed by atoms with van der Waals surface area (Å²) in [6, 6.07) is 7.08. The van der Waals surface area contributed by atoms with Crippen LogP contribution in [0.4, 0.5) is 0 Å². The largest absolute Gasteiger partial charge is 0.497 e. The smallest absolute Gasteiger partial charge is 0.347 e. The lowest BCUT2D eigenvalue weighted by molar-refractivity contribution is -0.151. The summed E-state index contributed by atoms with van der Waals surface area (Å²) in [6.07, 6.45) is 1.28. The van der Waals surface area contributed by atoms with Gasteiger partial charge in [0.15, 0.2) is 6.10 Å². The van der Waals surface area contributed by atoms with Gasteiger partial charge in [0.1, 0.15) is 11.5 Å². The number of unbranched alkanes of at least 4 members (excludes halogenated alkanes) is 1. The molecule has 1 rings (SSSR count). The molecule has 1 aromatic rings. The van der Waals surface area contributed by atoms with Crippen molar-refractivity contribution in [3.63, 3.8) is 0 Å². The number of carbonyl (C=O) groups excluding carboxylic acids is 1. The Morgan fingerprint density at radius 1 is 1.22 bits per heavy atom. The van der Waals surface area contributed by atoms with Gasteiger partial charge in [-0.25, -0.2) is 4.79 Å². The average Bonchev–Trinajstić information content (AvgIpc) is 2.39. The molecule has 0 aliphatic heterocycles. The third-order valence-corrected chi connectivity index (χ3v) is 2.45. The maximum absolute atomic E-state index is 11.6. The SMILES string of the molecule is CCCCOC(=O)C(C)Oc1ccc(OC)cc1. The molecule has 0 aliphatic carbocycles. The highest BCUT2D eigenvalue weighted by atomic mass is 16.6. The Labute approximate surface area is 108 Å². The van der Waals surface area contributed by atoms with Crippen LogP contribution in [0, 0.1) is 0 Å². The van der Waals surface area contributed by atoms with Crippen molar-refractivity contribution in [2.24, 2.45) is 0 Å². The quantitative estimate of drug-likeness (QED) is 0.553. The van der Waals surface area contributed by atoms with E-state index in [4.69, 9.17) is 14.2 Å². The van der Waals surface area contributed by atoms with Crippen molar-refractivity contribution in [1.82, 2.24) is 0 Å². The monoisotopic (exact) mass is 252 g/mol. The Morgan fingerprint density at radius 2 is 1.83 bits per heavy atom. The minimum absolute atomic E-state index is 0.334. The van der Waals surface area contributed by atoms with E-state index in [0.717, 1.165) is 18.6 Å². The fraction of sp³-hybridized carbons (Fsp3) is 0.500. The summed E-state index contributed by atoms with van der Waals surface area (Å²) in [4.78, 5) is 11.6. The molecule has 0 aromatic heterocycles. The Balaban J connectivity index is 2.42. The van der Waals surface area contributed by atoms with Crippen LogP contribution in [-0.4, -0.2) is 25.8 Å². The van der Waals surface area contributed by atoms with Crippen molar-refractivity contribution < 1.29 is 19.0 Å². The number of esters is 1. The van der Waals surface area contributed by atoms with Crippen molar-refractivity contribution in [3.8, 4) is 11.5 Å². The molecule has 4 nitrogen and oxygen atoms in total. The van der Waals surface area contributed by atoms with Crippen LogP contribution in [0.15, 0.2) is 24.3 Å². The molecule has 0 saturated carbocycles. The van der Waals surface area contributed by atoms with Gasteiger partial charge in [0.05, 0.1) is 13.7 Å². The molecule has 0 spiro atoms. The second kappa shape index (κ2) is 7.58. The maximum Gasteiger partial charge on any atom is 0.347 e. The topological polar surface area (TPSA) is 44.8 Å². The molecule has 1 atom stereocenters. The molecular formula is C14H20O4. The molecule has 0 amide bonds. The number of carbonyl (C=O) groups is 1. The molecule has 4 heteroatoms. The summed E-state index contributed by atoms with van der Waals surface area (Å²) in [7, 11) is 1.60. The van der Waals surface area contributed by atoms with Gasteiger partial charge >= 0.3 is 5.97 Å². The Hall–Kier alpha value is -1.71. The first-order chi connectivity index (χ1) is 8.67. The zero-order chi connectivity index (χ0) is 13.4. The van der Waals surface area contributed by atoms with Gasteiger partial charge in [-0.2, -0.15) is 0 Å². The predicted octanol–water partition coefficient (Wildman–Crippen LogP) is 2.81. The highest BCUT2D eigenvalue weighted by molar-refractivity contribution is 5.74. The normalized spacial score (nSPS) is 11.7. The number of hydrogen-bond acceptors (Lipinski definition) is 4. The van der Waals surface area contributed by atoms with Gasteiger partial charge in [0.25, 0.3) is 0 Å². The lowest BCUT2D eigenvalue weighted by atomic mass is 10.3. The molecule has 0 aliphatic rings. The van der Waals surface area contributed by atoms with Crippen molar-refractivity contribution >= 4 is 5.97 Å². The highest BCUT2D eigenvalue weighted by Gasteiger charge is 2.15. The first kappa shape index (κ1) is 14.4. The van der Waals surface area contributed by atoms with E-state index in [2.05, 4.69) is 0 Å². The predicted molar refractivity (Wildman–Crippen MR) is 69.0 cm³/mol. The van der Waals surface area contributed by atoms with E-state index in [-0.39, 0.29) is 5.97 Å². The molecule has 0 bridgehead atoms. The fourth-order valence-electron chi connectivity index (χ4n) is 1.34. The molecule has 0 heterocycles. The van der Waals surface area contributed by atoms with E-state index in [1.54, 1.807) is 38.3 Å². The molecule has 0 radical (unpaired) electrons. The van der Waals surface area contributed by atoms with Gasteiger partial charge in [-0.1, -0.05) is 13.3 Å². The molecule has 1 aromatic carbocycles. The van der Waals surface area contributed by atoms with Crippen molar-refractivity contribution in [2.45, 2.75) is 32.8 Å². The number of methoxy groups -OCH3 is 1. The van der Waals surface area contributed by atoms with E-state index in [1.807, 2.05) is 6.92 Å². The summed E-state index contributed by atoms with van der Waals surface area (Å²) < 4.78 is 15.6. The molecule has 0 N–H and O–H groups in total. The molecule has 100 valence electrons. The summed E-state index contributed by atoms with van der Waals surface area (Å²) in [6.45, 7) is 4.18. The van der Waals surface area contributed by atoms with E-state index < -0.39 is 6.10 Å². The molecule has 1 unspecified atom stereocenters. The summed E-state index contributed by atoms with van der Waals surface area (Å²) in [5.41, 5.74) is 0. The number of ether oxygens (including phenoxy) is 3. The maximum atomic E-state index is 11.6. The molecule has 0 fully saturated rings. The van der Waals surface area contributed by atoms with E-state index in [0.29, 0.717) is 12.4 Å². The zero-order valence-corrected chi connectivity index (χ0v) is 11.1. The van der Waals surface area contributed by atoms with Crippen LogP contribution in [0.1, 0.15) is 26.7 Å². The minimum Gasteiger partial charge on any atom is -0.497 e. The minimum atomic E-state index is -0.602. The lowest BCUT2D eigenvalue weighted by Crippen LogP contribution is -2.26. The third kappa shape index (κ3) is 4.65. The Morgan fingerprint density at radius 3 is 2.39 bits per heavy atom. The van der Waals surface area contributed by atoms with Crippen molar-refractivity contribution in [3.05, 3.63) is 24.3 Å². The van der Waals surface area contributed by atoms with Gasteiger partial charge in [0, 0.05) is 0 Å². The second-order valence-electron chi connectivity index (χ2n) is 3.96. The van der Waals surface area contributed by atoms with Crippen LogP contribution in [0.25, 0.3) is 0 Å². The Bertz CT molecular complexity index is 359. The summed E-state index contributed by atoms with van der Waals surface area (Å²) in [5, 5.41) is 0. The second-order valence-corrected chi connectivity index (χ2v) is 3.96. The Kier molecular flexibility index (Phi) is 6.05. The zero-order valence-electron chi connectivity index (χ0n) is 11.1. The summed E-state index contributed by atoms with van der Waals surface area (Å²) >= 11 is 0. The van der Waals surface area contributed by atoms with E-state index in [1.165, 1.54) is 0 Å². The highest BCUT2D eigenvalue weighted by Crippen LogP contribution is 2.18. The standard InChI is InChI=1S/C14H20O4/c1-4-5-10-17-14(15)11(2)18-13-8-6-12(16-3)7-9-13/h6-9,11H,4-5,10H2,1-3H3. The first-order valence-corrected chi connectivity index (χ1v) is 6.14. The fourth-order valence-corrected chi connectivity index (χ4v) is 1.34. The van der Waals surface area contributed by atoms with Crippen LogP contribution >= 0.6 is 0 Å². The third-order valence-electron chi connectivity index (χ3n) is 2.45. The lowest BCUT2D eigenvalue weighted by Gasteiger charge is -2.14. The van der Waals surface area contributed by atoms with Crippen molar-refractivity contribution in [1.29, 1.82) is 0 Å². The van der Waals surface area contributed by atoms with E-state index >= 15 is 0 Å². The van der Waals surface area contributed by atoms with Crippen LogP contribution in [0.2, 0.25) is 0 Å². The van der Waals surface area contributed by atoms with Crippen molar-refractivity contribution in [2.75, 3.05) is 13.7 Å². The van der Waals surface area contributed by atoms with Gasteiger partial charge in [-0.3, -0.25) is 0 Å². The van der Waals surface area contributed by atoms with Crippen LogP contribution in [-0.2, 0) is 9.53 Å². The molecular weight excluding hydrogens is 232 g/mol. The first-order valence-electron chi connectivity index (χ1n) is 6.14. The van der Waals surface area contributed by atoms with Gasteiger partial charge in [-0.15, -0.1) is 0 Å². The molecule has 18 heavy (non-hydrogen) atoms. The molecule has 0 saturated heterocycles. The van der Waals surface area contributed by atoms with E-state index in [9.17, 15) is 4.79 Å². The summed E-state index contributed by atoms with van der Waals surface area (Å²) in [5.74, 6) is 1.04. The van der Waals surface area contributed by atoms with Gasteiger partial charge < -0.3 is 14.2 Å². The van der Waals surface area contributed by atoms with Crippen LogP contribution in [0.3, 0.4) is 0 Å². The number of rotatable bonds is 7. The number of benzene rings is 1. The van der Waals surface area contributed by atoms with Gasteiger partial charge in [-0.05, 0) is 37.6 Å². The number of hydrogen-bond donors (Lipinski definition) is 0. The average molecular weight is 252 g/mol. The van der Waals surface area contributed by atoms with Gasteiger partial charge in [0.2, 0.25) is 0 Å². The van der Waals surface area contributed by atoms with Crippen LogP contribution in [0.5, 0.6) is 11.5 Å². The van der Waals surface area contributed by atoms with Crippen LogP contribution < -0.4 is 9.47 Å².